The zero-order chi connectivity index (χ0) is 18.9. The van der Waals surface area contributed by atoms with Crippen molar-refractivity contribution in [2.45, 2.75) is 13.5 Å². The molecule has 2 aromatic rings. The van der Waals surface area contributed by atoms with Crippen molar-refractivity contribution in [3.63, 3.8) is 0 Å². The van der Waals surface area contributed by atoms with Crippen LogP contribution in [0.2, 0.25) is 0 Å². The van der Waals surface area contributed by atoms with Gasteiger partial charge in [0.25, 0.3) is 5.69 Å². The second-order valence-electron chi connectivity index (χ2n) is 5.02. The summed E-state index contributed by atoms with van der Waals surface area (Å²) in [5.41, 5.74) is 0.530. The molecule has 0 fully saturated rings. The predicted octanol–water partition coefficient (Wildman–Crippen LogP) is 3.91. The summed E-state index contributed by atoms with van der Waals surface area (Å²) < 4.78 is 9.74. The molecule has 0 atom stereocenters. The summed E-state index contributed by atoms with van der Waals surface area (Å²) in [4.78, 5) is 33.7. The molecular formula is C17H17N3O6. The van der Waals surface area contributed by atoms with E-state index in [4.69, 9.17) is 4.74 Å². The van der Waals surface area contributed by atoms with Crippen molar-refractivity contribution in [3.8, 4) is 0 Å². The minimum Gasteiger partial charge on any atom is -0.450 e. The SMILES string of the molecule is CCOC(=O)Nc1ccc(NC(=O)OCc2ccccc2)cc1[N+](=O)[O-]. The molecule has 136 valence electrons. The number of hydrogen-bond donors (Lipinski definition) is 2. The third-order valence-electron chi connectivity index (χ3n) is 3.17. The van der Waals surface area contributed by atoms with Crippen LogP contribution in [0.15, 0.2) is 48.5 Å². The minimum atomic E-state index is -0.807. The Morgan fingerprint density at radius 2 is 1.73 bits per heavy atom. The molecule has 0 radical (unpaired) electrons. The first-order valence-corrected chi connectivity index (χ1v) is 7.69. The van der Waals surface area contributed by atoms with E-state index < -0.39 is 17.1 Å². The van der Waals surface area contributed by atoms with Crippen LogP contribution in [0.4, 0.5) is 26.7 Å². The lowest BCUT2D eigenvalue weighted by Gasteiger charge is -2.09. The van der Waals surface area contributed by atoms with Gasteiger partial charge < -0.3 is 9.47 Å². The van der Waals surface area contributed by atoms with Crippen LogP contribution in [0.5, 0.6) is 0 Å². The molecular weight excluding hydrogens is 342 g/mol. The molecule has 2 N–H and O–H groups in total. The third kappa shape index (κ3) is 5.48. The number of ether oxygens (including phenoxy) is 2. The van der Waals surface area contributed by atoms with Crippen LogP contribution < -0.4 is 10.6 Å². The summed E-state index contributed by atoms with van der Waals surface area (Å²) in [6.45, 7) is 1.81. The Kier molecular flexibility index (Phi) is 6.49. The van der Waals surface area contributed by atoms with Crippen LogP contribution in [0, 0.1) is 10.1 Å². The highest BCUT2D eigenvalue weighted by atomic mass is 16.6. The van der Waals surface area contributed by atoms with E-state index in [0.717, 1.165) is 11.6 Å². The van der Waals surface area contributed by atoms with Crippen molar-refractivity contribution in [1.29, 1.82) is 0 Å². The van der Waals surface area contributed by atoms with Crippen LogP contribution >= 0.6 is 0 Å². The number of carbonyl (C=O) groups excluding carboxylic acids is 2. The smallest absolute Gasteiger partial charge is 0.411 e. The molecule has 0 saturated heterocycles. The Morgan fingerprint density at radius 1 is 1.04 bits per heavy atom. The van der Waals surface area contributed by atoms with Crippen LogP contribution in [0.3, 0.4) is 0 Å². The van der Waals surface area contributed by atoms with Crippen molar-refractivity contribution >= 4 is 29.2 Å². The quantitative estimate of drug-likeness (QED) is 0.596. The molecule has 0 aliphatic heterocycles. The fourth-order valence-electron chi connectivity index (χ4n) is 2.02. The molecule has 2 amide bonds. The summed E-state index contributed by atoms with van der Waals surface area (Å²) in [6, 6.07) is 12.9. The molecule has 2 rings (SSSR count). The number of benzene rings is 2. The van der Waals surface area contributed by atoms with Gasteiger partial charge in [-0.15, -0.1) is 0 Å². The van der Waals surface area contributed by atoms with E-state index in [1.54, 1.807) is 19.1 Å². The van der Waals surface area contributed by atoms with Crippen LogP contribution in [0.1, 0.15) is 12.5 Å². The van der Waals surface area contributed by atoms with Gasteiger partial charge in [0.1, 0.15) is 12.3 Å². The number of amides is 2. The van der Waals surface area contributed by atoms with Crippen molar-refractivity contribution in [2.24, 2.45) is 0 Å². The second kappa shape index (κ2) is 9.02. The lowest BCUT2D eigenvalue weighted by Crippen LogP contribution is -2.16. The fraction of sp³-hybridized carbons (Fsp3) is 0.176. The van der Waals surface area contributed by atoms with Gasteiger partial charge in [-0.25, -0.2) is 9.59 Å². The summed E-state index contributed by atoms with van der Waals surface area (Å²) in [7, 11) is 0. The normalized spacial score (nSPS) is 9.88. The van der Waals surface area contributed by atoms with E-state index in [0.29, 0.717) is 0 Å². The van der Waals surface area contributed by atoms with E-state index in [2.05, 4.69) is 15.4 Å². The van der Waals surface area contributed by atoms with Gasteiger partial charge in [0.2, 0.25) is 0 Å². The van der Waals surface area contributed by atoms with E-state index in [1.807, 2.05) is 18.2 Å². The zero-order valence-corrected chi connectivity index (χ0v) is 13.9. The Morgan fingerprint density at radius 3 is 2.38 bits per heavy atom. The van der Waals surface area contributed by atoms with Crippen molar-refractivity contribution in [3.05, 3.63) is 64.2 Å². The average molecular weight is 359 g/mol. The van der Waals surface area contributed by atoms with Gasteiger partial charge >= 0.3 is 12.2 Å². The lowest BCUT2D eigenvalue weighted by molar-refractivity contribution is -0.383. The molecule has 9 nitrogen and oxygen atoms in total. The highest BCUT2D eigenvalue weighted by molar-refractivity contribution is 5.90. The van der Waals surface area contributed by atoms with Crippen LogP contribution in [-0.2, 0) is 16.1 Å². The van der Waals surface area contributed by atoms with Gasteiger partial charge in [-0.2, -0.15) is 0 Å². The van der Waals surface area contributed by atoms with Crippen molar-refractivity contribution in [2.75, 3.05) is 17.2 Å². The lowest BCUT2D eigenvalue weighted by atomic mass is 10.2. The highest BCUT2D eigenvalue weighted by Crippen LogP contribution is 2.28. The van der Waals surface area contributed by atoms with Gasteiger partial charge in [-0.3, -0.25) is 20.7 Å². The third-order valence-corrected chi connectivity index (χ3v) is 3.17. The number of nitrogens with zero attached hydrogens (tertiary/aromatic N) is 1. The van der Waals surface area contributed by atoms with Crippen LogP contribution in [-0.4, -0.2) is 23.7 Å². The van der Waals surface area contributed by atoms with Gasteiger partial charge in [-0.1, -0.05) is 30.3 Å². The van der Waals surface area contributed by atoms with E-state index in [1.165, 1.54) is 12.1 Å². The molecule has 0 aliphatic carbocycles. The predicted molar refractivity (Wildman–Crippen MR) is 94.0 cm³/mol. The van der Waals surface area contributed by atoms with E-state index in [-0.39, 0.29) is 30.3 Å². The first-order valence-electron chi connectivity index (χ1n) is 7.69. The number of rotatable bonds is 6. The summed E-state index contributed by atoms with van der Waals surface area (Å²) in [6.07, 6.45) is -1.56. The average Bonchev–Trinajstić information content (AvgIpc) is 2.62. The number of nitrogens with one attached hydrogen (secondary N) is 2. The van der Waals surface area contributed by atoms with Crippen molar-refractivity contribution < 1.29 is 24.0 Å². The van der Waals surface area contributed by atoms with Gasteiger partial charge in [0.05, 0.1) is 17.2 Å². The van der Waals surface area contributed by atoms with Crippen LogP contribution in [0.25, 0.3) is 0 Å². The number of nitro groups is 1. The maximum absolute atomic E-state index is 11.8. The minimum absolute atomic E-state index is 0.0448. The molecule has 0 saturated carbocycles. The monoisotopic (exact) mass is 359 g/mol. The topological polar surface area (TPSA) is 120 Å². The highest BCUT2D eigenvalue weighted by Gasteiger charge is 2.18. The largest absolute Gasteiger partial charge is 0.450 e. The Labute approximate surface area is 149 Å². The molecule has 2 aromatic carbocycles. The first-order chi connectivity index (χ1) is 12.5. The van der Waals surface area contributed by atoms with Gasteiger partial charge in [-0.05, 0) is 24.6 Å². The molecule has 0 aliphatic rings. The molecule has 26 heavy (non-hydrogen) atoms. The van der Waals surface area contributed by atoms with E-state index >= 15 is 0 Å². The maximum Gasteiger partial charge on any atom is 0.411 e. The number of hydrogen-bond acceptors (Lipinski definition) is 6. The molecule has 0 unspecified atom stereocenters. The molecule has 9 heteroatoms. The molecule has 0 heterocycles. The fourth-order valence-corrected chi connectivity index (χ4v) is 2.02. The number of carbonyl (C=O) groups is 2. The zero-order valence-electron chi connectivity index (χ0n) is 13.9. The summed E-state index contributed by atoms with van der Waals surface area (Å²) in [5, 5.41) is 15.9. The molecule has 0 aromatic heterocycles. The summed E-state index contributed by atoms with van der Waals surface area (Å²) >= 11 is 0. The van der Waals surface area contributed by atoms with Crippen molar-refractivity contribution in [1.82, 2.24) is 0 Å². The second-order valence-corrected chi connectivity index (χ2v) is 5.02. The Bertz CT molecular complexity index is 794. The van der Waals surface area contributed by atoms with Gasteiger partial charge in [0, 0.05) is 6.07 Å². The standard InChI is InChI=1S/C17H17N3O6/c1-2-25-17(22)19-14-9-8-13(10-15(14)20(23)24)18-16(21)26-11-12-6-4-3-5-7-12/h3-10H,2,11H2,1H3,(H,18,21)(H,19,22). The Hall–Kier alpha value is -3.62. The first kappa shape index (κ1) is 18.7. The number of nitro benzene ring substituents is 1. The molecule has 0 bridgehead atoms. The number of anilines is 2. The van der Waals surface area contributed by atoms with Gasteiger partial charge in [0.15, 0.2) is 0 Å². The van der Waals surface area contributed by atoms with E-state index in [9.17, 15) is 19.7 Å². The maximum atomic E-state index is 11.8. The Balaban J connectivity index is 2.02. The summed E-state index contributed by atoms with van der Waals surface area (Å²) in [5.74, 6) is 0. The molecule has 0 spiro atoms.